The normalized spacial score (nSPS) is 11.0. The van der Waals surface area contributed by atoms with Gasteiger partial charge in [-0.05, 0) is 45.0 Å². The average molecular weight is 574 g/mol. The third kappa shape index (κ3) is 5.84. The molecule has 12 nitrogen and oxygen atoms in total. The summed E-state index contributed by atoms with van der Waals surface area (Å²) in [5, 5.41) is 7.43. The zero-order chi connectivity index (χ0) is 29.8. The van der Waals surface area contributed by atoms with Crippen LogP contribution in [0.1, 0.15) is 31.3 Å². The Morgan fingerprint density at radius 3 is 2.50 bits per heavy atom. The first-order valence-corrected chi connectivity index (χ1v) is 13.0. The molecule has 0 radical (unpaired) electrons. The summed E-state index contributed by atoms with van der Waals surface area (Å²) in [4.78, 5) is 25.6. The molecule has 13 heteroatoms. The number of carbonyl (C=O) groups excluding carboxylic acids is 1. The molecule has 0 bridgehead atoms. The van der Waals surface area contributed by atoms with Crippen molar-refractivity contribution in [3.8, 4) is 34.4 Å². The zero-order valence-electron chi connectivity index (χ0n) is 23.3. The van der Waals surface area contributed by atoms with E-state index in [-0.39, 0.29) is 41.5 Å². The predicted molar refractivity (Wildman–Crippen MR) is 153 cm³/mol. The van der Waals surface area contributed by atoms with Crippen LogP contribution >= 0.6 is 0 Å². The van der Waals surface area contributed by atoms with E-state index >= 15 is 4.39 Å². The number of nitrogen functional groups attached to an aromatic ring is 1. The van der Waals surface area contributed by atoms with E-state index in [4.69, 9.17) is 24.7 Å². The molecular weight excluding hydrogens is 545 g/mol. The van der Waals surface area contributed by atoms with E-state index in [9.17, 15) is 4.79 Å². The van der Waals surface area contributed by atoms with Gasteiger partial charge in [-0.1, -0.05) is 0 Å². The van der Waals surface area contributed by atoms with Crippen LogP contribution in [0.2, 0.25) is 0 Å². The highest BCUT2D eigenvalue weighted by Gasteiger charge is 2.23. The van der Waals surface area contributed by atoms with Crippen molar-refractivity contribution in [2.75, 3.05) is 24.8 Å². The molecule has 0 atom stereocenters. The Hall–Kier alpha value is -5.46. The Bertz CT molecular complexity index is 1740. The molecule has 0 aliphatic rings. The first-order chi connectivity index (χ1) is 20.3. The van der Waals surface area contributed by atoms with Crippen LogP contribution in [0.25, 0.3) is 16.6 Å². The third-order valence-corrected chi connectivity index (χ3v) is 5.92. The monoisotopic (exact) mass is 573 g/mol. The Morgan fingerprint density at radius 1 is 1.02 bits per heavy atom. The van der Waals surface area contributed by atoms with Crippen LogP contribution < -0.4 is 30.0 Å². The Kier molecular flexibility index (Phi) is 8.00. The van der Waals surface area contributed by atoms with E-state index in [1.165, 1.54) is 41.5 Å². The van der Waals surface area contributed by atoms with E-state index in [2.05, 4.69) is 25.4 Å². The molecule has 0 aliphatic carbocycles. The first-order valence-electron chi connectivity index (χ1n) is 13.0. The van der Waals surface area contributed by atoms with Crippen molar-refractivity contribution in [1.29, 1.82) is 0 Å². The molecule has 216 valence electrons. The number of carbonyl (C=O) groups is 1. The Morgan fingerprint density at radius 2 is 1.81 bits per heavy atom. The van der Waals surface area contributed by atoms with Crippen LogP contribution in [0.15, 0.2) is 61.2 Å². The number of rotatable bonds is 10. The van der Waals surface area contributed by atoms with E-state index in [1.807, 2.05) is 13.8 Å². The number of hydrogen-bond acceptors (Lipinski definition) is 10. The van der Waals surface area contributed by atoms with Gasteiger partial charge in [0.05, 0.1) is 49.6 Å². The number of methoxy groups -OCH3 is 1. The summed E-state index contributed by atoms with van der Waals surface area (Å²) in [5.41, 5.74) is 6.51. The van der Waals surface area contributed by atoms with Gasteiger partial charge in [0, 0.05) is 23.7 Å². The molecule has 0 unspecified atom stereocenters. The van der Waals surface area contributed by atoms with Crippen molar-refractivity contribution in [2.24, 2.45) is 0 Å². The molecule has 2 aromatic carbocycles. The van der Waals surface area contributed by atoms with Gasteiger partial charge < -0.3 is 30.0 Å². The quantitative estimate of drug-likeness (QED) is 0.229. The minimum Gasteiger partial charge on any atom is -0.493 e. The highest BCUT2D eigenvalue weighted by molar-refractivity contribution is 6.05. The maximum atomic E-state index is 15.2. The molecule has 3 heterocycles. The molecule has 0 saturated heterocycles. The van der Waals surface area contributed by atoms with E-state index in [1.54, 1.807) is 38.4 Å². The lowest BCUT2D eigenvalue weighted by atomic mass is 10.1. The molecule has 3 N–H and O–H groups in total. The van der Waals surface area contributed by atoms with Crippen LogP contribution in [-0.2, 0) is 0 Å². The van der Waals surface area contributed by atoms with Gasteiger partial charge in [0.15, 0.2) is 22.9 Å². The number of ether oxygens (including phenoxy) is 4. The van der Waals surface area contributed by atoms with Crippen LogP contribution in [0.5, 0.6) is 28.7 Å². The molecule has 3 aromatic heterocycles. The van der Waals surface area contributed by atoms with E-state index in [0.717, 1.165) is 0 Å². The Labute approximate surface area is 240 Å². The fourth-order valence-electron chi connectivity index (χ4n) is 4.13. The number of nitrogens with one attached hydrogen (secondary N) is 1. The molecule has 0 aliphatic heterocycles. The summed E-state index contributed by atoms with van der Waals surface area (Å²) in [6, 6.07) is 9.28. The SMILES string of the molecule is CCOc1cnn(-c2cnc(N)nc2)c1C(=O)Nc1ccc(Oc2ccnc3cc(OC(C)C)c(OC)cc23)cc1F. The van der Waals surface area contributed by atoms with Gasteiger partial charge in [0.1, 0.15) is 23.0 Å². The molecule has 5 aromatic rings. The summed E-state index contributed by atoms with van der Waals surface area (Å²) in [5.74, 6) is 0.587. The lowest BCUT2D eigenvalue weighted by Gasteiger charge is -2.16. The third-order valence-electron chi connectivity index (χ3n) is 5.92. The molecule has 5 rings (SSSR count). The fraction of sp³-hybridized carbons (Fsp3) is 0.207. The second-order valence-corrected chi connectivity index (χ2v) is 9.20. The van der Waals surface area contributed by atoms with Gasteiger partial charge in [-0.25, -0.2) is 19.0 Å². The first kappa shape index (κ1) is 28.1. The number of anilines is 2. The fourth-order valence-corrected chi connectivity index (χ4v) is 4.13. The molecular formula is C29H28FN7O5. The standard InChI is InChI=1S/C29H28FN7O5/c1-5-40-26-15-35-37(17-13-33-29(31)34-14-17)27(26)28(38)36-21-7-6-18(10-20(21)30)42-23-8-9-32-22-12-25(41-16(2)3)24(39-4)11-19(22)23/h6-16H,5H2,1-4H3,(H,36,38)(H2,31,33,34). The minimum atomic E-state index is -0.718. The molecule has 0 fully saturated rings. The predicted octanol–water partition coefficient (Wildman–Crippen LogP) is 5.17. The second-order valence-electron chi connectivity index (χ2n) is 9.20. The van der Waals surface area contributed by atoms with Gasteiger partial charge in [0.25, 0.3) is 5.91 Å². The van der Waals surface area contributed by atoms with Gasteiger partial charge in [-0.15, -0.1) is 0 Å². The van der Waals surface area contributed by atoms with Gasteiger partial charge in [0.2, 0.25) is 5.95 Å². The topological polar surface area (TPSA) is 149 Å². The minimum absolute atomic E-state index is 0.0305. The second kappa shape index (κ2) is 12.0. The van der Waals surface area contributed by atoms with E-state index in [0.29, 0.717) is 33.8 Å². The number of hydrogen-bond donors (Lipinski definition) is 2. The average Bonchev–Trinajstić information content (AvgIpc) is 3.38. The number of amides is 1. The van der Waals surface area contributed by atoms with Crippen molar-refractivity contribution in [3.05, 3.63) is 72.7 Å². The van der Waals surface area contributed by atoms with Crippen molar-refractivity contribution < 1.29 is 28.1 Å². The highest BCUT2D eigenvalue weighted by Crippen LogP contribution is 2.38. The van der Waals surface area contributed by atoms with Crippen LogP contribution in [-0.4, -0.2) is 50.5 Å². The largest absolute Gasteiger partial charge is 0.493 e. The lowest BCUT2D eigenvalue weighted by molar-refractivity contribution is 0.101. The lowest BCUT2D eigenvalue weighted by Crippen LogP contribution is -2.19. The summed E-state index contributed by atoms with van der Waals surface area (Å²) >= 11 is 0. The van der Waals surface area contributed by atoms with Gasteiger partial charge >= 0.3 is 0 Å². The van der Waals surface area contributed by atoms with E-state index < -0.39 is 11.7 Å². The highest BCUT2D eigenvalue weighted by atomic mass is 19.1. The van der Waals surface area contributed by atoms with Gasteiger partial charge in [-0.2, -0.15) is 5.10 Å². The molecule has 0 spiro atoms. The molecule has 1 amide bonds. The summed E-state index contributed by atoms with van der Waals surface area (Å²) < 4.78 is 39.4. The number of halogens is 1. The van der Waals surface area contributed by atoms with Crippen LogP contribution in [0, 0.1) is 5.82 Å². The zero-order valence-corrected chi connectivity index (χ0v) is 23.3. The number of pyridine rings is 1. The maximum Gasteiger partial charge on any atom is 0.278 e. The van der Waals surface area contributed by atoms with Crippen LogP contribution in [0.3, 0.4) is 0 Å². The Balaban J connectivity index is 1.40. The number of nitrogens with zero attached hydrogens (tertiary/aromatic N) is 5. The van der Waals surface area contributed by atoms with Crippen molar-refractivity contribution in [3.63, 3.8) is 0 Å². The summed E-state index contributed by atoms with van der Waals surface area (Å²) in [6.45, 7) is 5.88. The molecule has 0 saturated carbocycles. The maximum absolute atomic E-state index is 15.2. The number of fused-ring (bicyclic) bond motifs is 1. The van der Waals surface area contributed by atoms with Crippen LogP contribution in [0.4, 0.5) is 16.0 Å². The van der Waals surface area contributed by atoms with Crippen molar-refractivity contribution in [1.82, 2.24) is 24.7 Å². The number of nitrogens with two attached hydrogens (primary N) is 1. The summed E-state index contributed by atoms with van der Waals surface area (Å²) in [6.07, 6.45) is 5.72. The van der Waals surface area contributed by atoms with Crippen molar-refractivity contribution >= 4 is 28.4 Å². The summed E-state index contributed by atoms with van der Waals surface area (Å²) in [7, 11) is 1.54. The van der Waals surface area contributed by atoms with Gasteiger partial charge in [-0.3, -0.25) is 9.78 Å². The molecule has 42 heavy (non-hydrogen) atoms. The number of benzene rings is 2. The smallest absolute Gasteiger partial charge is 0.278 e. The van der Waals surface area contributed by atoms with Crippen molar-refractivity contribution in [2.45, 2.75) is 26.9 Å². The number of aromatic nitrogens is 5.